The van der Waals surface area contributed by atoms with Gasteiger partial charge in [-0.25, -0.2) is 18.4 Å². The van der Waals surface area contributed by atoms with Crippen molar-refractivity contribution in [1.29, 1.82) is 0 Å². The van der Waals surface area contributed by atoms with Crippen molar-refractivity contribution in [2.75, 3.05) is 5.75 Å². The maximum absolute atomic E-state index is 12.9. The van der Waals surface area contributed by atoms with Gasteiger partial charge in [0.2, 0.25) is 0 Å². The molecule has 10 nitrogen and oxygen atoms in total. The lowest BCUT2D eigenvalue weighted by atomic mass is 10.2. The summed E-state index contributed by atoms with van der Waals surface area (Å²) in [5.74, 6) is -0.454. The van der Waals surface area contributed by atoms with E-state index >= 15 is 0 Å². The van der Waals surface area contributed by atoms with Crippen LogP contribution in [0.3, 0.4) is 0 Å². The smallest absolute Gasteiger partial charge is 0.388 e. The van der Waals surface area contributed by atoms with Gasteiger partial charge in [0.15, 0.2) is 26.4 Å². The molecule has 0 aliphatic heterocycles. The summed E-state index contributed by atoms with van der Waals surface area (Å²) in [5.41, 5.74) is 1.76. The Morgan fingerprint density at radius 1 is 0.921 bits per heavy atom. The fourth-order valence-electron chi connectivity index (χ4n) is 3.44. The van der Waals surface area contributed by atoms with Crippen molar-refractivity contribution in [2.24, 2.45) is 0 Å². The molecule has 0 bridgehead atoms. The first-order valence-electron chi connectivity index (χ1n) is 11.2. The first-order valence-corrected chi connectivity index (χ1v) is 12.9. The molecule has 0 aliphatic rings. The minimum atomic E-state index is -3.50. The average Bonchev–Trinajstić information content (AvgIpc) is 3.33. The molecule has 5 rings (SSSR count). The number of fused-ring (bicyclic) bond motifs is 1. The van der Waals surface area contributed by atoms with Crippen LogP contribution < -0.4 is 14.2 Å². The lowest BCUT2D eigenvalue weighted by Gasteiger charge is -2.13. The Kier molecular flexibility index (Phi) is 6.83. The number of aromatic nitrogens is 5. The van der Waals surface area contributed by atoms with Gasteiger partial charge in [0.25, 0.3) is 11.8 Å². The molecular weight excluding hydrogens is 520 g/mol. The second-order valence-corrected chi connectivity index (χ2v) is 9.98. The Balaban J connectivity index is 1.56. The van der Waals surface area contributed by atoms with Crippen molar-refractivity contribution in [3.05, 3.63) is 73.2 Å². The number of rotatable bonds is 9. The number of sulfone groups is 1. The Morgan fingerprint density at radius 2 is 1.76 bits per heavy atom. The largest absolute Gasteiger partial charge is 0.450 e. The molecule has 0 atom stereocenters. The van der Waals surface area contributed by atoms with E-state index in [1.54, 1.807) is 18.3 Å². The molecule has 0 spiro atoms. The number of halogens is 2. The molecule has 194 valence electrons. The van der Waals surface area contributed by atoms with Crippen LogP contribution in [0.2, 0.25) is 0 Å². The zero-order chi connectivity index (χ0) is 26.7. The summed E-state index contributed by atoms with van der Waals surface area (Å²) in [6, 6.07) is 14.5. The van der Waals surface area contributed by atoms with Gasteiger partial charge in [0.1, 0.15) is 11.4 Å². The molecule has 0 unspecified atom stereocenters. The topological polar surface area (TPSA) is 129 Å². The minimum absolute atomic E-state index is 0.0906. The van der Waals surface area contributed by atoms with Crippen molar-refractivity contribution in [2.45, 2.75) is 18.6 Å². The van der Waals surface area contributed by atoms with Crippen LogP contribution in [0, 0.1) is 0 Å². The lowest BCUT2D eigenvalue weighted by Crippen LogP contribution is -2.06. The normalized spacial score (nSPS) is 11.6. The molecule has 38 heavy (non-hydrogen) atoms. The zero-order valence-electron chi connectivity index (χ0n) is 19.7. The Bertz CT molecular complexity index is 1680. The van der Waals surface area contributed by atoms with Crippen LogP contribution in [0.4, 0.5) is 8.78 Å². The SMILES string of the molecule is CCS(=O)(=O)c1ccc(Oc2cc3cc(-c4ccccn4)[nH]c3nc2Oc2cccnc2OC(F)F)cn1. The van der Waals surface area contributed by atoms with E-state index in [1.165, 1.54) is 43.6 Å². The number of hydrogen-bond donors (Lipinski definition) is 1. The number of aromatic amines is 1. The monoisotopic (exact) mass is 539 g/mol. The highest BCUT2D eigenvalue weighted by Crippen LogP contribution is 2.39. The van der Waals surface area contributed by atoms with Crippen LogP contribution in [0.15, 0.2) is 78.2 Å². The first-order chi connectivity index (χ1) is 18.3. The van der Waals surface area contributed by atoms with Gasteiger partial charge < -0.3 is 19.2 Å². The van der Waals surface area contributed by atoms with Crippen molar-refractivity contribution in [1.82, 2.24) is 24.9 Å². The quantitative estimate of drug-likeness (QED) is 0.262. The van der Waals surface area contributed by atoms with E-state index in [-0.39, 0.29) is 33.9 Å². The lowest BCUT2D eigenvalue weighted by molar-refractivity contribution is -0.0541. The molecule has 5 aromatic heterocycles. The summed E-state index contributed by atoms with van der Waals surface area (Å²) in [7, 11) is -3.50. The standard InChI is InChI=1S/C25H19F2N5O5S/c1-2-38(33,34)21-9-8-16(14-30-21)35-20-13-15-12-18(17-6-3-4-10-28-17)31-22(15)32-24(20)36-19-7-5-11-29-23(19)37-25(26)27/h3-14,25H,2H2,1H3,(H,31,32). The predicted molar refractivity (Wildman–Crippen MR) is 132 cm³/mol. The highest BCUT2D eigenvalue weighted by atomic mass is 32.2. The number of nitrogens with zero attached hydrogens (tertiary/aromatic N) is 4. The highest BCUT2D eigenvalue weighted by molar-refractivity contribution is 7.91. The maximum atomic E-state index is 12.9. The number of hydrogen-bond acceptors (Lipinski definition) is 9. The van der Waals surface area contributed by atoms with E-state index in [4.69, 9.17) is 9.47 Å². The molecule has 0 radical (unpaired) electrons. The van der Waals surface area contributed by atoms with Crippen LogP contribution in [-0.4, -0.2) is 45.7 Å². The molecule has 0 aromatic carbocycles. The molecule has 0 saturated heterocycles. The number of pyridine rings is 4. The molecular formula is C25H19F2N5O5S. The van der Waals surface area contributed by atoms with Crippen molar-refractivity contribution in [3.8, 4) is 40.4 Å². The van der Waals surface area contributed by atoms with Gasteiger partial charge in [-0.2, -0.15) is 13.8 Å². The van der Waals surface area contributed by atoms with Gasteiger partial charge in [-0.3, -0.25) is 4.98 Å². The number of ether oxygens (including phenoxy) is 3. The Labute approximate surface area is 215 Å². The molecule has 5 heterocycles. The number of H-pyrrole nitrogens is 1. The fraction of sp³-hybridized carbons (Fsp3) is 0.120. The van der Waals surface area contributed by atoms with Crippen molar-refractivity contribution < 1.29 is 31.4 Å². The van der Waals surface area contributed by atoms with Crippen LogP contribution in [-0.2, 0) is 9.84 Å². The van der Waals surface area contributed by atoms with Crippen LogP contribution in [0.25, 0.3) is 22.4 Å². The summed E-state index contributed by atoms with van der Waals surface area (Å²) >= 11 is 0. The molecule has 5 aromatic rings. The van der Waals surface area contributed by atoms with E-state index in [9.17, 15) is 17.2 Å². The van der Waals surface area contributed by atoms with Crippen LogP contribution >= 0.6 is 0 Å². The summed E-state index contributed by atoms with van der Waals surface area (Å²) in [4.78, 5) is 19.7. The highest BCUT2D eigenvalue weighted by Gasteiger charge is 2.19. The first kappa shape index (κ1) is 25.0. The van der Waals surface area contributed by atoms with Crippen molar-refractivity contribution >= 4 is 20.9 Å². The van der Waals surface area contributed by atoms with E-state index < -0.39 is 22.3 Å². The second-order valence-electron chi connectivity index (χ2n) is 7.75. The van der Waals surface area contributed by atoms with E-state index in [2.05, 4.69) is 29.7 Å². The van der Waals surface area contributed by atoms with Crippen LogP contribution in [0.5, 0.6) is 29.0 Å². The number of nitrogens with one attached hydrogen (secondary N) is 1. The molecule has 0 aliphatic carbocycles. The fourth-order valence-corrected chi connectivity index (χ4v) is 4.23. The van der Waals surface area contributed by atoms with Gasteiger partial charge in [0, 0.05) is 17.8 Å². The molecule has 0 saturated carbocycles. The average molecular weight is 540 g/mol. The zero-order valence-corrected chi connectivity index (χ0v) is 20.5. The summed E-state index contributed by atoms with van der Waals surface area (Å²) in [5, 5.41) is 0.550. The third-order valence-electron chi connectivity index (χ3n) is 5.26. The van der Waals surface area contributed by atoms with Gasteiger partial charge >= 0.3 is 6.61 Å². The third-order valence-corrected chi connectivity index (χ3v) is 6.90. The molecule has 0 fully saturated rings. The van der Waals surface area contributed by atoms with E-state index in [1.807, 2.05) is 18.2 Å². The third kappa shape index (κ3) is 5.37. The van der Waals surface area contributed by atoms with Gasteiger partial charge in [-0.05, 0) is 48.5 Å². The maximum Gasteiger partial charge on any atom is 0.388 e. The van der Waals surface area contributed by atoms with Crippen LogP contribution in [0.1, 0.15) is 6.92 Å². The van der Waals surface area contributed by atoms with Gasteiger partial charge in [0.05, 0.1) is 23.3 Å². The number of alkyl halides is 2. The van der Waals surface area contributed by atoms with E-state index in [0.29, 0.717) is 22.4 Å². The van der Waals surface area contributed by atoms with Gasteiger partial charge in [-0.1, -0.05) is 13.0 Å². The molecule has 1 N–H and O–H groups in total. The summed E-state index contributed by atoms with van der Waals surface area (Å²) in [6.45, 7) is -1.60. The summed E-state index contributed by atoms with van der Waals surface area (Å²) in [6.07, 6.45) is 4.18. The minimum Gasteiger partial charge on any atom is -0.450 e. The molecule has 13 heteroatoms. The molecule has 0 amide bonds. The van der Waals surface area contributed by atoms with Gasteiger partial charge in [-0.15, -0.1) is 0 Å². The van der Waals surface area contributed by atoms with Crippen molar-refractivity contribution in [3.63, 3.8) is 0 Å². The Hall–Kier alpha value is -4.65. The Morgan fingerprint density at radius 3 is 2.47 bits per heavy atom. The second kappa shape index (κ2) is 10.4. The predicted octanol–water partition coefficient (Wildman–Crippen LogP) is 5.39. The summed E-state index contributed by atoms with van der Waals surface area (Å²) < 4.78 is 66.2. The van der Waals surface area contributed by atoms with E-state index in [0.717, 1.165) is 0 Å².